The Bertz CT molecular complexity index is 744. The van der Waals surface area contributed by atoms with E-state index in [0.717, 1.165) is 56.9 Å². The second kappa shape index (κ2) is 10.1. The Balaban J connectivity index is 1.48. The summed E-state index contributed by atoms with van der Waals surface area (Å²) in [5.41, 5.74) is 3.49. The molecular formula is C22H30ClN3O2. The molecule has 0 saturated carbocycles. The van der Waals surface area contributed by atoms with Crippen LogP contribution in [0, 0.1) is 0 Å². The SMILES string of the molecule is CCc1ccc(CCN2CCN(c3ccc(OCC(C)O)cc3Cl)CC2)nc1. The first-order chi connectivity index (χ1) is 13.5. The number of aliphatic hydroxyl groups excluding tert-OH is 1. The van der Waals surface area contributed by atoms with Crippen molar-refractivity contribution in [3.8, 4) is 5.75 Å². The Kier molecular flexibility index (Phi) is 7.54. The number of pyridine rings is 1. The number of benzene rings is 1. The van der Waals surface area contributed by atoms with Crippen LogP contribution in [0.4, 0.5) is 5.69 Å². The summed E-state index contributed by atoms with van der Waals surface area (Å²) in [4.78, 5) is 9.37. The van der Waals surface area contributed by atoms with Gasteiger partial charge in [0.25, 0.3) is 0 Å². The summed E-state index contributed by atoms with van der Waals surface area (Å²) in [5.74, 6) is 0.690. The highest BCUT2D eigenvalue weighted by molar-refractivity contribution is 6.33. The van der Waals surface area contributed by atoms with Gasteiger partial charge in [0.1, 0.15) is 12.4 Å². The molecule has 3 rings (SSSR count). The van der Waals surface area contributed by atoms with Crippen LogP contribution in [0.5, 0.6) is 5.75 Å². The Morgan fingerprint density at radius 1 is 1.18 bits per heavy atom. The number of rotatable bonds is 8. The standard InChI is InChI=1S/C22H30ClN3O2/c1-3-18-4-5-19(24-15-18)8-9-25-10-12-26(13-11-25)22-7-6-20(14-21(22)23)28-16-17(2)27/h4-7,14-15,17,27H,3,8-13,16H2,1-2H3. The fraction of sp³-hybridized carbons (Fsp3) is 0.500. The van der Waals surface area contributed by atoms with Gasteiger partial charge in [-0.2, -0.15) is 0 Å². The van der Waals surface area contributed by atoms with Gasteiger partial charge >= 0.3 is 0 Å². The van der Waals surface area contributed by atoms with Gasteiger partial charge in [0.15, 0.2) is 0 Å². The summed E-state index contributed by atoms with van der Waals surface area (Å²) in [7, 11) is 0. The molecule has 1 atom stereocenters. The smallest absolute Gasteiger partial charge is 0.121 e. The average Bonchev–Trinajstić information content (AvgIpc) is 2.71. The first-order valence-electron chi connectivity index (χ1n) is 10.1. The zero-order chi connectivity index (χ0) is 19.9. The fourth-order valence-electron chi connectivity index (χ4n) is 3.35. The number of piperazine rings is 1. The fourth-order valence-corrected chi connectivity index (χ4v) is 3.64. The largest absolute Gasteiger partial charge is 0.491 e. The maximum Gasteiger partial charge on any atom is 0.121 e. The van der Waals surface area contributed by atoms with Crippen LogP contribution in [0.25, 0.3) is 0 Å². The summed E-state index contributed by atoms with van der Waals surface area (Å²) in [6.07, 6.45) is 3.52. The summed E-state index contributed by atoms with van der Waals surface area (Å²) in [5, 5.41) is 10.0. The van der Waals surface area contributed by atoms with Crippen molar-refractivity contribution < 1.29 is 9.84 Å². The number of aryl methyl sites for hydroxylation is 1. The predicted octanol–water partition coefficient (Wildman–Crippen LogP) is 3.42. The summed E-state index contributed by atoms with van der Waals surface area (Å²) in [6.45, 7) is 9.10. The van der Waals surface area contributed by atoms with Crippen LogP contribution in [-0.2, 0) is 12.8 Å². The van der Waals surface area contributed by atoms with Crippen molar-refractivity contribution in [2.45, 2.75) is 32.8 Å². The van der Waals surface area contributed by atoms with Crippen LogP contribution in [0.1, 0.15) is 25.1 Å². The lowest BCUT2D eigenvalue weighted by molar-refractivity contribution is 0.123. The van der Waals surface area contributed by atoms with E-state index in [1.54, 1.807) is 6.92 Å². The first-order valence-corrected chi connectivity index (χ1v) is 10.4. The second-order valence-electron chi connectivity index (χ2n) is 7.36. The molecule has 2 heterocycles. The van der Waals surface area contributed by atoms with Gasteiger partial charge in [-0.15, -0.1) is 0 Å². The summed E-state index contributed by atoms with van der Waals surface area (Å²) >= 11 is 6.47. The van der Waals surface area contributed by atoms with E-state index in [0.29, 0.717) is 10.8 Å². The van der Waals surface area contributed by atoms with Crippen LogP contribution in [0.2, 0.25) is 5.02 Å². The highest BCUT2D eigenvalue weighted by Crippen LogP contribution is 2.30. The van der Waals surface area contributed by atoms with Crippen molar-refractivity contribution in [1.82, 2.24) is 9.88 Å². The molecule has 1 fully saturated rings. The Hall–Kier alpha value is -1.82. The quantitative estimate of drug-likeness (QED) is 0.731. The highest BCUT2D eigenvalue weighted by atomic mass is 35.5. The zero-order valence-corrected chi connectivity index (χ0v) is 17.5. The highest BCUT2D eigenvalue weighted by Gasteiger charge is 2.19. The number of aromatic nitrogens is 1. The average molecular weight is 404 g/mol. The third-order valence-electron chi connectivity index (χ3n) is 5.10. The van der Waals surface area contributed by atoms with E-state index in [1.807, 2.05) is 24.4 Å². The van der Waals surface area contributed by atoms with Crippen LogP contribution in [0.3, 0.4) is 0 Å². The topological polar surface area (TPSA) is 48.8 Å². The molecule has 0 spiro atoms. The minimum atomic E-state index is -0.494. The van der Waals surface area contributed by atoms with Crippen molar-refractivity contribution in [3.05, 3.63) is 52.8 Å². The predicted molar refractivity (Wildman–Crippen MR) is 115 cm³/mol. The number of aliphatic hydroxyl groups is 1. The maximum atomic E-state index is 9.33. The molecule has 1 aliphatic rings. The van der Waals surface area contributed by atoms with E-state index in [2.05, 4.69) is 33.8 Å². The number of hydrogen-bond donors (Lipinski definition) is 1. The Morgan fingerprint density at radius 3 is 2.57 bits per heavy atom. The van der Waals surface area contributed by atoms with Crippen molar-refractivity contribution in [1.29, 1.82) is 0 Å². The van der Waals surface area contributed by atoms with Crippen LogP contribution in [-0.4, -0.2) is 60.4 Å². The van der Waals surface area contributed by atoms with E-state index in [4.69, 9.17) is 16.3 Å². The zero-order valence-electron chi connectivity index (χ0n) is 16.8. The van der Waals surface area contributed by atoms with Gasteiger partial charge in [0.2, 0.25) is 0 Å². The Morgan fingerprint density at radius 2 is 1.96 bits per heavy atom. The third-order valence-corrected chi connectivity index (χ3v) is 5.40. The number of ether oxygens (including phenoxy) is 1. The van der Waals surface area contributed by atoms with E-state index < -0.39 is 6.10 Å². The van der Waals surface area contributed by atoms with Gasteiger partial charge in [-0.3, -0.25) is 9.88 Å². The number of anilines is 1. The number of nitrogens with zero attached hydrogens (tertiary/aromatic N) is 3. The van der Waals surface area contributed by atoms with Crippen LogP contribution >= 0.6 is 11.6 Å². The molecule has 0 aliphatic carbocycles. The molecule has 1 N–H and O–H groups in total. The maximum absolute atomic E-state index is 9.33. The lowest BCUT2D eigenvalue weighted by Gasteiger charge is -2.36. The lowest BCUT2D eigenvalue weighted by Crippen LogP contribution is -2.47. The molecule has 152 valence electrons. The molecule has 1 aromatic heterocycles. The normalized spacial score (nSPS) is 16.2. The van der Waals surface area contributed by atoms with Gasteiger partial charge in [0.05, 0.1) is 16.8 Å². The monoisotopic (exact) mass is 403 g/mol. The minimum absolute atomic E-state index is 0.268. The van der Waals surface area contributed by atoms with E-state index >= 15 is 0 Å². The van der Waals surface area contributed by atoms with Gasteiger partial charge in [-0.05, 0) is 37.1 Å². The van der Waals surface area contributed by atoms with E-state index in [9.17, 15) is 5.11 Å². The molecule has 28 heavy (non-hydrogen) atoms. The molecule has 0 amide bonds. The second-order valence-corrected chi connectivity index (χ2v) is 7.77. The number of halogens is 1. The van der Waals surface area contributed by atoms with Gasteiger partial charge < -0.3 is 14.7 Å². The van der Waals surface area contributed by atoms with Crippen molar-refractivity contribution in [2.75, 3.05) is 44.2 Å². The molecule has 6 heteroatoms. The summed E-state index contributed by atoms with van der Waals surface area (Å²) < 4.78 is 5.53. The first kappa shape index (κ1) is 20.9. The molecule has 1 aliphatic heterocycles. The van der Waals surface area contributed by atoms with Crippen LogP contribution < -0.4 is 9.64 Å². The third kappa shape index (κ3) is 5.84. The molecule has 1 aromatic carbocycles. The van der Waals surface area contributed by atoms with Crippen LogP contribution in [0.15, 0.2) is 36.5 Å². The van der Waals surface area contributed by atoms with Gasteiger partial charge in [-0.1, -0.05) is 24.6 Å². The molecule has 1 saturated heterocycles. The molecule has 0 radical (unpaired) electrons. The molecule has 1 unspecified atom stereocenters. The van der Waals surface area contributed by atoms with Gasteiger partial charge in [-0.25, -0.2) is 0 Å². The molecular weight excluding hydrogens is 374 g/mol. The lowest BCUT2D eigenvalue weighted by atomic mass is 10.2. The number of hydrogen-bond acceptors (Lipinski definition) is 5. The summed E-state index contributed by atoms with van der Waals surface area (Å²) in [6, 6.07) is 10.1. The van der Waals surface area contributed by atoms with Gasteiger partial charge in [0, 0.05) is 57.1 Å². The Labute approximate surface area is 172 Å². The van der Waals surface area contributed by atoms with E-state index in [-0.39, 0.29) is 6.61 Å². The van der Waals surface area contributed by atoms with Crippen molar-refractivity contribution in [2.24, 2.45) is 0 Å². The van der Waals surface area contributed by atoms with Crippen molar-refractivity contribution >= 4 is 17.3 Å². The molecule has 2 aromatic rings. The molecule has 5 nitrogen and oxygen atoms in total. The van der Waals surface area contributed by atoms with E-state index in [1.165, 1.54) is 5.56 Å². The van der Waals surface area contributed by atoms with Crippen molar-refractivity contribution in [3.63, 3.8) is 0 Å². The minimum Gasteiger partial charge on any atom is -0.491 e. The molecule has 0 bridgehead atoms.